The van der Waals surface area contributed by atoms with E-state index in [0.717, 1.165) is 31.0 Å². The summed E-state index contributed by atoms with van der Waals surface area (Å²) in [5, 5.41) is 18.3. The molecule has 1 saturated carbocycles. The van der Waals surface area contributed by atoms with Crippen LogP contribution in [-0.4, -0.2) is 39.6 Å². The van der Waals surface area contributed by atoms with E-state index in [1.54, 1.807) is 0 Å². The Morgan fingerprint density at radius 1 is 1.39 bits per heavy atom. The first kappa shape index (κ1) is 12.3. The van der Waals surface area contributed by atoms with Crippen molar-refractivity contribution < 1.29 is 24.2 Å². The molecule has 1 fully saturated rings. The molecule has 0 atom stereocenters. The lowest BCUT2D eigenvalue weighted by Crippen LogP contribution is -2.37. The van der Waals surface area contributed by atoms with Gasteiger partial charge in [0.05, 0.1) is 5.56 Å². The zero-order chi connectivity index (χ0) is 13.3. The van der Waals surface area contributed by atoms with Gasteiger partial charge in [-0.15, -0.1) is 0 Å². The van der Waals surface area contributed by atoms with Crippen LogP contribution >= 0.6 is 0 Å². The number of halogens is 1. The number of aliphatic carboxylic acids is 1. The van der Waals surface area contributed by atoms with E-state index >= 15 is 0 Å². The van der Waals surface area contributed by atoms with Crippen LogP contribution in [0.2, 0.25) is 0 Å². The van der Waals surface area contributed by atoms with Crippen molar-refractivity contribution in [2.45, 2.75) is 18.9 Å². The maximum absolute atomic E-state index is 12.8. The van der Waals surface area contributed by atoms with Crippen molar-refractivity contribution in [1.82, 2.24) is 4.90 Å². The normalized spacial score (nSPS) is 14.3. The number of aromatic hydroxyl groups is 1. The Morgan fingerprint density at radius 3 is 2.56 bits per heavy atom. The highest BCUT2D eigenvalue weighted by Gasteiger charge is 2.35. The second-order valence-corrected chi connectivity index (χ2v) is 4.22. The van der Waals surface area contributed by atoms with E-state index in [2.05, 4.69) is 0 Å². The second kappa shape index (κ2) is 4.64. The van der Waals surface area contributed by atoms with Crippen LogP contribution in [0, 0.1) is 5.82 Å². The summed E-state index contributed by atoms with van der Waals surface area (Å²) in [6.45, 7) is -0.416. The highest BCUT2D eigenvalue weighted by molar-refractivity contribution is 5.98. The molecule has 1 aliphatic rings. The fourth-order valence-electron chi connectivity index (χ4n) is 1.74. The predicted molar refractivity (Wildman–Crippen MR) is 59.8 cm³/mol. The average molecular weight is 253 g/mol. The van der Waals surface area contributed by atoms with Crippen LogP contribution in [0.3, 0.4) is 0 Å². The van der Waals surface area contributed by atoms with Crippen LogP contribution < -0.4 is 0 Å². The topological polar surface area (TPSA) is 77.8 Å². The van der Waals surface area contributed by atoms with Gasteiger partial charge >= 0.3 is 5.97 Å². The van der Waals surface area contributed by atoms with E-state index in [-0.39, 0.29) is 11.6 Å². The van der Waals surface area contributed by atoms with Gasteiger partial charge < -0.3 is 15.1 Å². The number of nitrogens with zero attached hydrogens (tertiary/aromatic N) is 1. The monoisotopic (exact) mass is 253 g/mol. The highest BCUT2D eigenvalue weighted by atomic mass is 19.1. The van der Waals surface area contributed by atoms with E-state index < -0.39 is 30.0 Å². The summed E-state index contributed by atoms with van der Waals surface area (Å²) < 4.78 is 12.8. The lowest BCUT2D eigenvalue weighted by Gasteiger charge is -2.20. The van der Waals surface area contributed by atoms with Crippen molar-refractivity contribution in [3.8, 4) is 5.75 Å². The van der Waals surface area contributed by atoms with Gasteiger partial charge in [0.15, 0.2) is 0 Å². The van der Waals surface area contributed by atoms with Gasteiger partial charge in [-0.3, -0.25) is 9.59 Å². The van der Waals surface area contributed by atoms with Crippen molar-refractivity contribution in [2.75, 3.05) is 6.54 Å². The van der Waals surface area contributed by atoms with Crippen LogP contribution in [0.5, 0.6) is 5.75 Å². The number of hydrogen-bond acceptors (Lipinski definition) is 3. The number of rotatable bonds is 4. The minimum absolute atomic E-state index is 0.0791. The van der Waals surface area contributed by atoms with Gasteiger partial charge in [0, 0.05) is 12.1 Å². The van der Waals surface area contributed by atoms with Gasteiger partial charge in [-0.25, -0.2) is 4.39 Å². The maximum Gasteiger partial charge on any atom is 0.323 e. The van der Waals surface area contributed by atoms with Crippen molar-refractivity contribution in [3.05, 3.63) is 29.6 Å². The molecule has 1 aliphatic carbocycles. The molecule has 96 valence electrons. The summed E-state index contributed by atoms with van der Waals surface area (Å²) >= 11 is 0. The van der Waals surface area contributed by atoms with E-state index in [1.165, 1.54) is 4.90 Å². The standard InChI is InChI=1S/C12H12FNO4/c13-7-1-4-9(10(15)5-7)12(18)14(6-11(16)17)8-2-3-8/h1,4-5,8,15H,2-3,6H2,(H,16,17). The lowest BCUT2D eigenvalue weighted by atomic mass is 10.1. The van der Waals surface area contributed by atoms with Crippen molar-refractivity contribution in [3.63, 3.8) is 0 Å². The van der Waals surface area contributed by atoms with Crippen LogP contribution in [0.4, 0.5) is 4.39 Å². The number of benzene rings is 1. The third kappa shape index (κ3) is 2.58. The number of carbonyl (C=O) groups is 2. The van der Waals surface area contributed by atoms with Gasteiger partial charge in [0.1, 0.15) is 18.1 Å². The zero-order valence-corrected chi connectivity index (χ0v) is 9.47. The summed E-state index contributed by atoms with van der Waals surface area (Å²) in [6, 6.07) is 2.94. The summed E-state index contributed by atoms with van der Waals surface area (Å²) in [5.74, 6) is -2.83. The van der Waals surface area contributed by atoms with E-state index in [1.807, 2.05) is 0 Å². The minimum atomic E-state index is -1.11. The van der Waals surface area contributed by atoms with Crippen molar-refractivity contribution in [1.29, 1.82) is 0 Å². The van der Waals surface area contributed by atoms with Crippen LogP contribution in [0.15, 0.2) is 18.2 Å². The van der Waals surface area contributed by atoms with Gasteiger partial charge in [-0.1, -0.05) is 0 Å². The lowest BCUT2D eigenvalue weighted by molar-refractivity contribution is -0.137. The number of phenols is 1. The van der Waals surface area contributed by atoms with Crippen LogP contribution in [0.1, 0.15) is 23.2 Å². The third-order valence-corrected chi connectivity index (χ3v) is 2.74. The smallest absolute Gasteiger partial charge is 0.323 e. The summed E-state index contributed by atoms with van der Waals surface area (Å²) in [6.07, 6.45) is 1.50. The first-order chi connectivity index (χ1) is 8.49. The molecule has 18 heavy (non-hydrogen) atoms. The van der Waals surface area contributed by atoms with Gasteiger partial charge in [0.2, 0.25) is 0 Å². The van der Waals surface area contributed by atoms with Gasteiger partial charge in [-0.2, -0.15) is 0 Å². The van der Waals surface area contributed by atoms with Gasteiger partial charge in [-0.05, 0) is 25.0 Å². The Balaban J connectivity index is 2.24. The fraction of sp³-hybridized carbons (Fsp3) is 0.333. The number of phenolic OH excluding ortho intramolecular Hbond substituents is 1. The molecule has 0 unspecified atom stereocenters. The molecular formula is C12H12FNO4. The molecule has 1 amide bonds. The summed E-state index contributed by atoms with van der Waals surface area (Å²) in [4.78, 5) is 24.0. The molecule has 2 N–H and O–H groups in total. The Kier molecular flexibility index (Phi) is 3.18. The number of carbonyl (C=O) groups excluding carboxylic acids is 1. The third-order valence-electron chi connectivity index (χ3n) is 2.74. The summed E-state index contributed by atoms with van der Waals surface area (Å²) in [7, 11) is 0. The Morgan fingerprint density at radius 2 is 2.06 bits per heavy atom. The second-order valence-electron chi connectivity index (χ2n) is 4.22. The van der Waals surface area contributed by atoms with Crippen LogP contribution in [-0.2, 0) is 4.79 Å². The molecule has 0 radical (unpaired) electrons. The quantitative estimate of drug-likeness (QED) is 0.845. The Hall–Kier alpha value is -2.11. The SMILES string of the molecule is O=C(O)CN(C(=O)c1ccc(F)cc1O)C1CC1. The molecule has 0 aromatic heterocycles. The van der Waals surface area contributed by atoms with Crippen molar-refractivity contribution >= 4 is 11.9 Å². The Bertz CT molecular complexity index is 499. The minimum Gasteiger partial charge on any atom is -0.507 e. The van der Waals surface area contributed by atoms with E-state index in [0.29, 0.717) is 0 Å². The molecule has 0 bridgehead atoms. The molecule has 0 spiro atoms. The molecule has 6 heteroatoms. The molecule has 0 aliphatic heterocycles. The largest absolute Gasteiger partial charge is 0.507 e. The molecule has 2 rings (SSSR count). The molecule has 0 saturated heterocycles. The first-order valence-electron chi connectivity index (χ1n) is 5.50. The van der Waals surface area contributed by atoms with Gasteiger partial charge in [0.25, 0.3) is 5.91 Å². The maximum atomic E-state index is 12.8. The highest BCUT2D eigenvalue weighted by Crippen LogP contribution is 2.30. The van der Waals surface area contributed by atoms with Crippen molar-refractivity contribution in [2.24, 2.45) is 0 Å². The molecule has 1 aromatic rings. The molecule has 0 heterocycles. The molecule has 5 nitrogen and oxygen atoms in total. The molecule has 1 aromatic carbocycles. The van der Waals surface area contributed by atoms with Crippen LogP contribution in [0.25, 0.3) is 0 Å². The fourth-order valence-corrected chi connectivity index (χ4v) is 1.74. The zero-order valence-electron chi connectivity index (χ0n) is 9.47. The van der Waals surface area contributed by atoms with E-state index in [4.69, 9.17) is 5.11 Å². The molecular weight excluding hydrogens is 241 g/mol. The Labute approximate surface area is 102 Å². The average Bonchev–Trinajstić information content (AvgIpc) is 3.08. The summed E-state index contributed by atoms with van der Waals surface area (Å²) in [5.41, 5.74) is -0.0791. The number of carboxylic acids is 1. The van der Waals surface area contributed by atoms with E-state index in [9.17, 15) is 19.1 Å². The number of hydrogen-bond donors (Lipinski definition) is 2. The number of carboxylic acid groups (broad SMARTS) is 1. The first-order valence-corrected chi connectivity index (χ1v) is 5.50. The predicted octanol–water partition coefficient (Wildman–Crippen LogP) is 1.22. The number of amides is 1.